The van der Waals surface area contributed by atoms with Crippen molar-refractivity contribution in [3.05, 3.63) is 63.8 Å². The second-order valence-corrected chi connectivity index (χ2v) is 7.60. The number of allylic oxidation sites excluding steroid dienone is 1. The van der Waals surface area contributed by atoms with Gasteiger partial charge in [-0.05, 0) is 37.1 Å². The Labute approximate surface area is 164 Å². The summed E-state index contributed by atoms with van der Waals surface area (Å²) in [6.45, 7) is 11.9. The van der Waals surface area contributed by atoms with Crippen LogP contribution in [0.15, 0.2) is 47.6 Å². The summed E-state index contributed by atoms with van der Waals surface area (Å²) >= 11 is 12.7. The predicted molar refractivity (Wildman–Crippen MR) is 111 cm³/mol. The monoisotopic (exact) mass is 386 g/mol. The van der Waals surface area contributed by atoms with Gasteiger partial charge in [0.25, 0.3) is 0 Å². The summed E-state index contributed by atoms with van der Waals surface area (Å²) in [5, 5.41) is 0.914. The third-order valence-electron chi connectivity index (χ3n) is 4.44. The number of fused-ring (bicyclic) bond motifs is 1. The van der Waals surface area contributed by atoms with Gasteiger partial charge in [0, 0.05) is 10.9 Å². The van der Waals surface area contributed by atoms with Crippen LogP contribution < -0.4 is 4.90 Å². The van der Waals surface area contributed by atoms with Crippen LogP contribution in [0.4, 0.5) is 17.1 Å². The van der Waals surface area contributed by atoms with Crippen molar-refractivity contribution in [1.29, 1.82) is 0 Å². The van der Waals surface area contributed by atoms with Gasteiger partial charge in [-0.15, -0.1) is 0 Å². The molecule has 1 aliphatic heterocycles. The summed E-state index contributed by atoms with van der Waals surface area (Å²) in [6.07, 6.45) is 0. The number of nitrogens with zero attached hydrogens (tertiary/aromatic N) is 2. The molecule has 0 atom stereocenters. The van der Waals surface area contributed by atoms with E-state index in [1.54, 1.807) is 12.1 Å². The average Bonchev–Trinajstić information content (AvgIpc) is 2.55. The van der Waals surface area contributed by atoms with Gasteiger partial charge in [0.15, 0.2) is 5.78 Å². The molecular weight excluding hydrogens is 367 g/mol. The van der Waals surface area contributed by atoms with Gasteiger partial charge in [-0.1, -0.05) is 61.8 Å². The van der Waals surface area contributed by atoms with Gasteiger partial charge in [0.2, 0.25) is 0 Å². The number of carbonyl (C=O) groups excluding carboxylic acids is 1. The molecule has 2 aromatic carbocycles. The SMILES string of the molecule is C=C1C(C(=O)C(C)C)=Nc2c(Cl)cc(Cl)cc2N1c1c(C)cccc1C. The molecule has 0 aliphatic carbocycles. The topological polar surface area (TPSA) is 32.7 Å². The van der Waals surface area contributed by atoms with Crippen molar-refractivity contribution < 1.29 is 4.79 Å². The lowest BCUT2D eigenvalue weighted by Crippen LogP contribution is -2.33. The fraction of sp³-hybridized carbons (Fsp3) is 0.238. The van der Waals surface area contributed by atoms with Crippen molar-refractivity contribution in [2.75, 3.05) is 4.90 Å². The quantitative estimate of drug-likeness (QED) is 0.596. The summed E-state index contributed by atoms with van der Waals surface area (Å²) in [5.74, 6) is -0.263. The summed E-state index contributed by atoms with van der Waals surface area (Å²) < 4.78 is 0. The first-order chi connectivity index (χ1) is 12.2. The Morgan fingerprint density at radius 2 is 1.77 bits per heavy atom. The van der Waals surface area contributed by atoms with E-state index in [1.165, 1.54) is 0 Å². The summed E-state index contributed by atoms with van der Waals surface area (Å²) in [5.41, 5.74) is 5.21. The molecule has 1 heterocycles. The first-order valence-corrected chi connectivity index (χ1v) is 9.15. The van der Waals surface area contributed by atoms with Crippen LogP contribution in [-0.4, -0.2) is 11.5 Å². The zero-order valence-corrected chi connectivity index (χ0v) is 16.7. The Balaban J connectivity index is 2.34. The van der Waals surface area contributed by atoms with E-state index in [4.69, 9.17) is 23.2 Å². The molecule has 0 amide bonds. The van der Waals surface area contributed by atoms with Gasteiger partial charge < -0.3 is 4.90 Å². The molecule has 0 bridgehead atoms. The highest BCUT2D eigenvalue weighted by atomic mass is 35.5. The molecule has 0 spiro atoms. The third kappa shape index (κ3) is 3.06. The molecule has 2 aromatic rings. The second-order valence-electron chi connectivity index (χ2n) is 6.76. The highest BCUT2D eigenvalue weighted by molar-refractivity contribution is 6.49. The molecule has 1 aliphatic rings. The van der Waals surface area contributed by atoms with Crippen LogP contribution in [0.5, 0.6) is 0 Å². The molecule has 0 saturated carbocycles. The largest absolute Gasteiger partial charge is 0.306 e. The molecule has 0 saturated heterocycles. The molecule has 0 unspecified atom stereocenters. The summed E-state index contributed by atoms with van der Waals surface area (Å²) in [6, 6.07) is 9.50. The highest BCUT2D eigenvalue weighted by Gasteiger charge is 2.32. The maximum absolute atomic E-state index is 12.8. The van der Waals surface area contributed by atoms with Gasteiger partial charge >= 0.3 is 0 Å². The molecule has 134 valence electrons. The number of aryl methyl sites for hydroxylation is 2. The number of ketones is 1. The fourth-order valence-electron chi connectivity index (χ4n) is 3.15. The van der Waals surface area contributed by atoms with E-state index in [2.05, 4.69) is 11.6 Å². The highest BCUT2D eigenvalue weighted by Crippen LogP contribution is 2.48. The molecule has 0 fully saturated rings. The molecule has 0 aromatic heterocycles. The van der Waals surface area contributed by atoms with E-state index < -0.39 is 0 Å². The van der Waals surface area contributed by atoms with Crippen LogP contribution in [0.1, 0.15) is 25.0 Å². The predicted octanol–water partition coefficient (Wildman–Crippen LogP) is 6.57. The maximum Gasteiger partial charge on any atom is 0.185 e. The molecular formula is C21H20Cl2N2O. The minimum absolute atomic E-state index is 0.0668. The number of para-hydroxylation sites is 1. The third-order valence-corrected chi connectivity index (χ3v) is 4.94. The fourth-order valence-corrected chi connectivity index (χ4v) is 3.67. The van der Waals surface area contributed by atoms with Crippen molar-refractivity contribution in [3.8, 4) is 0 Å². The van der Waals surface area contributed by atoms with E-state index in [9.17, 15) is 4.79 Å². The van der Waals surface area contributed by atoms with E-state index in [1.807, 2.05) is 50.8 Å². The van der Waals surface area contributed by atoms with E-state index in [-0.39, 0.29) is 11.7 Å². The smallest absolute Gasteiger partial charge is 0.185 e. The van der Waals surface area contributed by atoms with Gasteiger partial charge in [-0.2, -0.15) is 0 Å². The van der Waals surface area contributed by atoms with Gasteiger partial charge in [0.1, 0.15) is 11.4 Å². The first-order valence-electron chi connectivity index (χ1n) is 8.40. The Morgan fingerprint density at radius 1 is 1.15 bits per heavy atom. The number of Topliss-reactive ketones (excluding diaryl/α,β-unsaturated/α-hetero) is 1. The zero-order chi connectivity index (χ0) is 19.2. The number of hydrogen-bond acceptors (Lipinski definition) is 3. The first kappa shape index (κ1) is 18.7. The molecule has 0 N–H and O–H groups in total. The number of halogens is 2. The minimum Gasteiger partial charge on any atom is -0.306 e. The molecule has 5 heteroatoms. The van der Waals surface area contributed by atoms with Crippen LogP contribution in [0.25, 0.3) is 0 Å². The van der Waals surface area contributed by atoms with E-state index in [0.717, 1.165) is 22.5 Å². The molecule has 3 rings (SSSR count). The number of rotatable bonds is 3. The van der Waals surface area contributed by atoms with Crippen molar-refractivity contribution in [1.82, 2.24) is 0 Å². The number of benzene rings is 2. The average molecular weight is 387 g/mol. The normalized spacial score (nSPS) is 13.7. The van der Waals surface area contributed by atoms with Crippen LogP contribution >= 0.6 is 23.2 Å². The lowest BCUT2D eigenvalue weighted by atomic mass is 9.97. The number of hydrogen-bond donors (Lipinski definition) is 0. The van der Waals surface area contributed by atoms with E-state index in [0.29, 0.717) is 27.1 Å². The van der Waals surface area contributed by atoms with Crippen LogP contribution in [0.3, 0.4) is 0 Å². The lowest BCUT2D eigenvalue weighted by molar-refractivity contribution is -0.115. The summed E-state index contributed by atoms with van der Waals surface area (Å²) in [7, 11) is 0. The Morgan fingerprint density at radius 3 is 2.35 bits per heavy atom. The Kier molecular flexibility index (Phi) is 4.96. The van der Waals surface area contributed by atoms with Crippen molar-refractivity contribution in [2.45, 2.75) is 27.7 Å². The number of carbonyl (C=O) groups is 1. The van der Waals surface area contributed by atoms with Crippen LogP contribution in [0, 0.1) is 19.8 Å². The molecule has 0 radical (unpaired) electrons. The number of aliphatic imine (C=N–C) groups is 1. The maximum atomic E-state index is 12.8. The van der Waals surface area contributed by atoms with Gasteiger partial charge in [0.05, 0.1) is 22.1 Å². The Hall–Kier alpha value is -2.10. The summed E-state index contributed by atoms with van der Waals surface area (Å²) in [4.78, 5) is 19.3. The Bertz CT molecular complexity index is 940. The molecule has 3 nitrogen and oxygen atoms in total. The van der Waals surface area contributed by atoms with Gasteiger partial charge in [-0.25, -0.2) is 4.99 Å². The van der Waals surface area contributed by atoms with Crippen LogP contribution in [0.2, 0.25) is 10.0 Å². The molecule has 26 heavy (non-hydrogen) atoms. The minimum atomic E-state index is -0.196. The standard InChI is InChI=1S/C21H20Cl2N2O/c1-11(2)21(26)18-14(5)25(20-12(3)7-6-8-13(20)4)17-10-15(22)9-16(23)19(17)24-18/h6-11H,5H2,1-4H3. The van der Waals surface area contributed by atoms with Crippen molar-refractivity contribution in [2.24, 2.45) is 10.9 Å². The van der Waals surface area contributed by atoms with Gasteiger partial charge in [-0.3, -0.25) is 4.79 Å². The van der Waals surface area contributed by atoms with E-state index >= 15 is 0 Å². The second kappa shape index (κ2) is 6.90. The van der Waals surface area contributed by atoms with Crippen LogP contribution in [-0.2, 0) is 4.79 Å². The lowest BCUT2D eigenvalue weighted by Gasteiger charge is -2.34. The van der Waals surface area contributed by atoms with Crippen molar-refractivity contribution >= 4 is 51.8 Å². The zero-order valence-electron chi connectivity index (χ0n) is 15.2. The van der Waals surface area contributed by atoms with Crippen molar-refractivity contribution in [3.63, 3.8) is 0 Å². The number of anilines is 2.